The number of rotatable bonds is 4. The van der Waals surface area contributed by atoms with Gasteiger partial charge in [0.1, 0.15) is 0 Å². The predicted octanol–water partition coefficient (Wildman–Crippen LogP) is 5.06. The summed E-state index contributed by atoms with van der Waals surface area (Å²) in [7, 11) is 0. The van der Waals surface area contributed by atoms with E-state index in [9.17, 15) is 9.59 Å². The van der Waals surface area contributed by atoms with Crippen LogP contribution in [0.1, 0.15) is 27.1 Å². The van der Waals surface area contributed by atoms with E-state index in [1.807, 2.05) is 36.4 Å². The molecule has 0 saturated heterocycles. The molecule has 2 nitrogen and oxygen atoms in total. The molecule has 3 aromatic carbocycles. The normalized spacial score (nSPS) is 10.6. The first-order valence-corrected chi connectivity index (χ1v) is 7.74. The summed E-state index contributed by atoms with van der Waals surface area (Å²) in [4.78, 5) is 24.7. The van der Waals surface area contributed by atoms with E-state index < -0.39 is 0 Å². The number of Topliss-reactive ketones (excluding diaryl/α,β-unsaturated/α-hetero) is 2. The third kappa shape index (κ3) is 3.00. The van der Waals surface area contributed by atoms with Gasteiger partial charge in [-0.15, -0.1) is 0 Å². The van der Waals surface area contributed by atoms with E-state index >= 15 is 0 Å². The summed E-state index contributed by atoms with van der Waals surface area (Å²) in [5, 5.41) is 1.85. The average Bonchev–Trinajstić information content (AvgIpc) is 2.54. The van der Waals surface area contributed by atoms with Crippen molar-refractivity contribution in [1.82, 2.24) is 0 Å². The Hall–Kier alpha value is -2.26. The van der Waals surface area contributed by atoms with E-state index in [1.54, 1.807) is 30.3 Å². The zero-order chi connectivity index (χ0) is 15.5. The number of hydrogen-bond acceptors (Lipinski definition) is 2. The monoisotopic (exact) mass is 352 g/mol. The van der Waals surface area contributed by atoms with Crippen LogP contribution in [0.5, 0.6) is 0 Å². The van der Waals surface area contributed by atoms with E-state index in [4.69, 9.17) is 0 Å². The fourth-order valence-electron chi connectivity index (χ4n) is 2.46. The second-order valence-corrected chi connectivity index (χ2v) is 5.98. The molecule has 3 rings (SSSR count). The Morgan fingerprint density at radius 2 is 1.59 bits per heavy atom. The van der Waals surface area contributed by atoms with Crippen LogP contribution in [0.3, 0.4) is 0 Å². The molecule has 3 aromatic rings. The maximum atomic E-state index is 12.5. The highest BCUT2D eigenvalue weighted by Crippen LogP contribution is 2.24. The predicted molar refractivity (Wildman–Crippen MR) is 91.4 cm³/mol. The first-order valence-electron chi connectivity index (χ1n) is 6.95. The number of halogens is 1. The van der Waals surface area contributed by atoms with Gasteiger partial charge >= 0.3 is 0 Å². The molecule has 0 aromatic heterocycles. The van der Waals surface area contributed by atoms with Crippen molar-refractivity contribution in [2.45, 2.75) is 6.42 Å². The summed E-state index contributed by atoms with van der Waals surface area (Å²) in [5.74, 6) is -0.304. The van der Waals surface area contributed by atoms with Crippen molar-refractivity contribution >= 4 is 38.3 Å². The van der Waals surface area contributed by atoms with E-state index in [0.29, 0.717) is 11.1 Å². The maximum absolute atomic E-state index is 12.5. The number of benzene rings is 3. The van der Waals surface area contributed by atoms with Crippen molar-refractivity contribution in [3.8, 4) is 0 Å². The van der Waals surface area contributed by atoms with Crippen LogP contribution in [0, 0.1) is 0 Å². The van der Waals surface area contributed by atoms with Gasteiger partial charge in [0, 0.05) is 15.6 Å². The molecular formula is C19H13BrO2. The minimum absolute atomic E-state index is 0.112. The van der Waals surface area contributed by atoms with Crippen LogP contribution < -0.4 is 0 Å². The number of ketones is 2. The van der Waals surface area contributed by atoms with Gasteiger partial charge in [-0.1, -0.05) is 70.5 Å². The minimum Gasteiger partial charge on any atom is -0.294 e. The van der Waals surface area contributed by atoms with E-state index in [2.05, 4.69) is 15.9 Å². The first-order chi connectivity index (χ1) is 10.6. The molecule has 0 aliphatic rings. The Morgan fingerprint density at radius 3 is 2.36 bits per heavy atom. The van der Waals surface area contributed by atoms with Crippen molar-refractivity contribution in [2.24, 2.45) is 0 Å². The van der Waals surface area contributed by atoms with Crippen LogP contribution in [0.15, 0.2) is 71.2 Å². The van der Waals surface area contributed by atoms with Crippen LogP contribution in [0.25, 0.3) is 10.8 Å². The Balaban J connectivity index is 1.91. The summed E-state index contributed by atoms with van der Waals surface area (Å²) in [6.07, 6.45) is -0.112. The number of fused-ring (bicyclic) bond motifs is 1. The SMILES string of the molecule is O=C(CC(=O)c1cccc2cc(Br)ccc12)c1ccccc1. The van der Waals surface area contributed by atoms with Crippen molar-refractivity contribution in [3.05, 3.63) is 82.3 Å². The van der Waals surface area contributed by atoms with Crippen molar-refractivity contribution in [1.29, 1.82) is 0 Å². The molecule has 0 spiro atoms. The van der Waals surface area contributed by atoms with Gasteiger partial charge in [-0.3, -0.25) is 9.59 Å². The zero-order valence-corrected chi connectivity index (χ0v) is 13.3. The standard InChI is InChI=1S/C19H13BrO2/c20-15-9-10-16-14(11-15)7-4-8-17(16)19(22)12-18(21)13-5-2-1-3-6-13/h1-11H,12H2. The van der Waals surface area contributed by atoms with Crippen molar-refractivity contribution in [2.75, 3.05) is 0 Å². The topological polar surface area (TPSA) is 34.1 Å². The highest BCUT2D eigenvalue weighted by atomic mass is 79.9. The molecule has 0 unspecified atom stereocenters. The first kappa shape index (κ1) is 14.7. The molecule has 0 atom stereocenters. The molecule has 0 bridgehead atoms. The Bertz CT molecular complexity index is 854. The fourth-order valence-corrected chi connectivity index (χ4v) is 2.84. The summed E-state index contributed by atoms with van der Waals surface area (Å²) in [5.41, 5.74) is 1.16. The Morgan fingerprint density at radius 1 is 0.818 bits per heavy atom. The third-order valence-corrected chi connectivity index (χ3v) is 4.05. The molecule has 0 heterocycles. The van der Waals surface area contributed by atoms with Gasteiger partial charge in [-0.2, -0.15) is 0 Å². The van der Waals surface area contributed by atoms with Gasteiger partial charge < -0.3 is 0 Å². The minimum atomic E-state index is -0.153. The molecule has 22 heavy (non-hydrogen) atoms. The largest absolute Gasteiger partial charge is 0.294 e. The molecule has 0 saturated carbocycles. The third-order valence-electron chi connectivity index (χ3n) is 3.56. The lowest BCUT2D eigenvalue weighted by Crippen LogP contribution is -2.09. The number of carbonyl (C=O) groups is 2. The van der Waals surface area contributed by atoms with Crippen LogP contribution in [0.4, 0.5) is 0 Å². The summed E-state index contributed by atoms with van der Waals surface area (Å²) in [6.45, 7) is 0. The molecule has 0 radical (unpaired) electrons. The van der Waals surface area contributed by atoms with E-state index in [0.717, 1.165) is 15.2 Å². The zero-order valence-electron chi connectivity index (χ0n) is 11.8. The second-order valence-electron chi connectivity index (χ2n) is 5.06. The molecule has 0 aliphatic heterocycles. The van der Waals surface area contributed by atoms with Gasteiger partial charge in [0.2, 0.25) is 0 Å². The van der Waals surface area contributed by atoms with Gasteiger partial charge in [0.15, 0.2) is 11.6 Å². The molecular weight excluding hydrogens is 340 g/mol. The highest BCUT2D eigenvalue weighted by Gasteiger charge is 2.15. The van der Waals surface area contributed by atoms with Crippen LogP contribution in [-0.2, 0) is 0 Å². The Labute approximate surface area is 136 Å². The average molecular weight is 353 g/mol. The van der Waals surface area contributed by atoms with Crippen LogP contribution in [-0.4, -0.2) is 11.6 Å². The summed E-state index contributed by atoms with van der Waals surface area (Å²) >= 11 is 3.43. The molecule has 0 amide bonds. The van der Waals surface area contributed by atoms with Gasteiger partial charge in [-0.25, -0.2) is 0 Å². The van der Waals surface area contributed by atoms with E-state index in [1.165, 1.54) is 0 Å². The van der Waals surface area contributed by atoms with Crippen LogP contribution >= 0.6 is 15.9 Å². The summed E-state index contributed by atoms with van der Waals surface area (Å²) < 4.78 is 0.963. The molecule has 108 valence electrons. The van der Waals surface area contributed by atoms with Crippen molar-refractivity contribution in [3.63, 3.8) is 0 Å². The van der Waals surface area contributed by atoms with Gasteiger partial charge in [0.25, 0.3) is 0 Å². The van der Waals surface area contributed by atoms with Gasteiger partial charge in [-0.05, 0) is 22.9 Å². The van der Waals surface area contributed by atoms with E-state index in [-0.39, 0.29) is 18.0 Å². The molecule has 0 fully saturated rings. The molecule has 0 aliphatic carbocycles. The van der Waals surface area contributed by atoms with Gasteiger partial charge in [0.05, 0.1) is 6.42 Å². The van der Waals surface area contributed by atoms with Crippen LogP contribution in [0.2, 0.25) is 0 Å². The number of hydrogen-bond donors (Lipinski definition) is 0. The Kier molecular flexibility index (Phi) is 4.16. The van der Waals surface area contributed by atoms with Crippen molar-refractivity contribution < 1.29 is 9.59 Å². The summed E-state index contributed by atoms with van der Waals surface area (Å²) in [6, 6.07) is 20.2. The lowest BCUT2D eigenvalue weighted by Gasteiger charge is -2.06. The quantitative estimate of drug-likeness (QED) is 0.485. The maximum Gasteiger partial charge on any atom is 0.171 e. The number of carbonyl (C=O) groups excluding carboxylic acids is 2. The second kappa shape index (κ2) is 6.24. The lowest BCUT2D eigenvalue weighted by atomic mass is 9.97. The highest BCUT2D eigenvalue weighted by molar-refractivity contribution is 9.10. The lowest BCUT2D eigenvalue weighted by molar-refractivity contribution is 0.0895. The molecule has 0 N–H and O–H groups in total. The fraction of sp³-hybridized carbons (Fsp3) is 0.0526. The molecule has 3 heteroatoms. The smallest absolute Gasteiger partial charge is 0.171 e.